The van der Waals surface area contributed by atoms with Crippen LogP contribution in [0.4, 0.5) is 5.69 Å². The van der Waals surface area contributed by atoms with Gasteiger partial charge in [-0.3, -0.25) is 4.79 Å². The van der Waals surface area contributed by atoms with E-state index in [2.05, 4.69) is 69.3 Å². The average Bonchev–Trinajstić information content (AvgIpc) is 2.72. The molecule has 1 aliphatic rings. The first-order chi connectivity index (χ1) is 14.7. The van der Waals surface area contributed by atoms with Gasteiger partial charge in [0.25, 0.3) is 0 Å². The molecule has 0 spiro atoms. The average molecular weight is 423 g/mol. The smallest absolute Gasteiger partial charge is 0.248 e. The van der Waals surface area contributed by atoms with Gasteiger partial charge < -0.3 is 19.7 Å². The van der Waals surface area contributed by atoms with Crippen molar-refractivity contribution in [2.24, 2.45) is 0 Å². The molecule has 0 saturated carbocycles. The third-order valence-electron chi connectivity index (χ3n) is 5.29. The van der Waals surface area contributed by atoms with Crippen molar-refractivity contribution >= 4 is 17.2 Å². The molecule has 2 aromatic rings. The lowest BCUT2D eigenvalue weighted by molar-refractivity contribution is -0.111. The summed E-state index contributed by atoms with van der Waals surface area (Å²) in [6, 6.07) is 14.0. The molecule has 1 heterocycles. The molecular weight excluding hydrogens is 388 g/mol. The van der Waals surface area contributed by atoms with E-state index in [0.29, 0.717) is 30.4 Å². The summed E-state index contributed by atoms with van der Waals surface area (Å²) in [6.45, 7) is 8.65. The topological polar surface area (TPSA) is 50.8 Å². The number of nitrogens with zero attached hydrogens (tertiary/aromatic N) is 1. The SMILES string of the molecule is CN(C)CCC/C(=C\C(=O)Nc1ccc2c(c1)OCCO2)c1ccc(C(C)(C)C)cc1. The van der Waals surface area contributed by atoms with Gasteiger partial charge in [0.15, 0.2) is 11.5 Å². The van der Waals surface area contributed by atoms with E-state index in [1.807, 2.05) is 18.2 Å². The van der Waals surface area contributed by atoms with Crippen LogP contribution in [0.2, 0.25) is 0 Å². The molecule has 0 saturated heterocycles. The van der Waals surface area contributed by atoms with Crippen molar-refractivity contribution in [3.63, 3.8) is 0 Å². The fourth-order valence-electron chi connectivity index (χ4n) is 3.53. The zero-order chi connectivity index (χ0) is 22.4. The van der Waals surface area contributed by atoms with Crippen LogP contribution in [0.1, 0.15) is 44.7 Å². The summed E-state index contributed by atoms with van der Waals surface area (Å²) in [5.41, 5.74) is 4.20. The molecule has 0 aliphatic carbocycles. The van der Waals surface area contributed by atoms with Crippen molar-refractivity contribution in [2.45, 2.75) is 39.0 Å². The van der Waals surface area contributed by atoms with E-state index in [4.69, 9.17) is 9.47 Å². The minimum atomic E-state index is -0.142. The molecule has 0 aromatic heterocycles. The normalized spacial score (nSPS) is 13.9. The van der Waals surface area contributed by atoms with Crippen LogP contribution in [0.15, 0.2) is 48.5 Å². The van der Waals surface area contributed by atoms with Gasteiger partial charge in [-0.15, -0.1) is 0 Å². The maximum atomic E-state index is 12.8. The van der Waals surface area contributed by atoms with Gasteiger partial charge in [0.1, 0.15) is 13.2 Å². The van der Waals surface area contributed by atoms with Crippen LogP contribution in [-0.2, 0) is 10.2 Å². The number of carbonyl (C=O) groups is 1. The fourth-order valence-corrected chi connectivity index (χ4v) is 3.53. The zero-order valence-electron chi connectivity index (χ0n) is 19.3. The molecule has 5 heteroatoms. The Morgan fingerprint density at radius 1 is 1.03 bits per heavy atom. The second-order valence-electron chi connectivity index (χ2n) is 9.25. The van der Waals surface area contributed by atoms with Crippen molar-refractivity contribution in [1.29, 1.82) is 0 Å². The number of allylic oxidation sites excluding steroid dienone is 1. The van der Waals surface area contributed by atoms with E-state index in [-0.39, 0.29) is 11.3 Å². The number of nitrogens with one attached hydrogen (secondary N) is 1. The second-order valence-corrected chi connectivity index (χ2v) is 9.25. The first-order valence-corrected chi connectivity index (χ1v) is 10.9. The fraction of sp³-hybridized carbons (Fsp3) is 0.423. The molecule has 0 radical (unpaired) electrons. The summed E-state index contributed by atoms with van der Waals surface area (Å²) >= 11 is 0. The number of hydrogen-bond acceptors (Lipinski definition) is 4. The Hall–Kier alpha value is -2.79. The Labute approximate surface area is 186 Å². The summed E-state index contributed by atoms with van der Waals surface area (Å²) in [4.78, 5) is 15.0. The number of benzene rings is 2. The molecule has 0 bridgehead atoms. The van der Waals surface area contributed by atoms with Crippen LogP contribution < -0.4 is 14.8 Å². The summed E-state index contributed by atoms with van der Waals surface area (Å²) in [5.74, 6) is 1.23. The number of hydrogen-bond donors (Lipinski definition) is 1. The minimum absolute atomic E-state index is 0.100. The lowest BCUT2D eigenvalue weighted by Crippen LogP contribution is -2.16. The molecule has 0 unspecified atom stereocenters. The van der Waals surface area contributed by atoms with E-state index in [1.54, 1.807) is 6.08 Å². The van der Waals surface area contributed by atoms with Crippen molar-refractivity contribution < 1.29 is 14.3 Å². The second kappa shape index (κ2) is 10.0. The maximum absolute atomic E-state index is 12.8. The molecular formula is C26H34N2O3. The predicted molar refractivity (Wildman–Crippen MR) is 127 cm³/mol. The van der Waals surface area contributed by atoms with E-state index in [1.165, 1.54) is 5.56 Å². The molecule has 166 valence electrons. The predicted octanol–water partition coefficient (Wildman–Crippen LogP) is 5.12. The van der Waals surface area contributed by atoms with Gasteiger partial charge in [0.05, 0.1) is 0 Å². The number of anilines is 1. The number of fused-ring (bicyclic) bond motifs is 1. The van der Waals surface area contributed by atoms with Crippen LogP contribution in [0.3, 0.4) is 0 Å². The Bertz CT molecular complexity index is 925. The van der Waals surface area contributed by atoms with Crippen LogP contribution in [0.5, 0.6) is 11.5 Å². The standard InChI is InChI=1S/C26H34N2O3/c1-26(2,3)21-10-8-19(9-11-21)20(7-6-14-28(4)5)17-25(29)27-22-12-13-23-24(18-22)31-16-15-30-23/h8-13,17-18H,6-7,14-16H2,1-5H3,(H,27,29)/b20-17+. The summed E-state index contributed by atoms with van der Waals surface area (Å²) in [5, 5.41) is 2.97. The summed E-state index contributed by atoms with van der Waals surface area (Å²) < 4.78 is 11.2. The molecule has 2 aromatic carbocycles. The van der Waals surface area contributed by atoms with Gasteiger partial charge >= 0.3 is 0 Å². The van der Waals surface area contributed by atoms with Crippen LogP contribution >= 0.6 is 0 Å². The Kier molecular flexibility index (Phi) is 7.39. The lowest BCUT2D eigenvalue weighted by atomic mass is 9.86. The summed E-state index contributed by atoms with van der Waals surface area (Å²) in [7, 11) is 4.13. The van der Waals surface area contributed by atoms with Gasteiger partial charge in [-0.2, -0.15) is 0 Å². The number of rotatable bonds is 7. The highest BCUT2D eigenvalue weighted by Gasteiger charge is 2.15. The largest absolute Gasteiger partial charge is 0.486 e. The van der Waals surface area contributed by atoms with Crippen molar-refractivity contribution in [3.8, 4) is 11.5 Å². The van der Waals surface area contributed by atoms with Crippen LogP contribution in [0, 0.1) is 0 Å². The molecule has 1 aliphatic heterocycles. The highest BCUT2D eigenvalue weighted by Crippen LogP contribution is 2.33. The minimum Gasteiger partial charge on any atom is -0.486 e. The van der Waals surface area contributed by atoms with E-state index in [9.17, 15) is 4.79 Å². The number of amides is 1. The van der Waals surface area contributed by atoms with Gasteiger partial charge in [0, 0.05) is 17.8 Å². The zero-order valence-corrected chi connectivity index (χ0v) is 19.3. The van der Waals surface area contributed by atoms with Crippen molar-refractivity contribution in [2.75, 3.05) is 39.2 Å². The Balaban J connectivity index is 1.78. The highest BCUT2D eigenvalue weighted by atomic mass is 16.6. The quantitative estimate of drug-likeness (QED) is 0.629. The van der Waals surface area contributed by atoms with Gasteiger partial charge in [-0.25, -0.2) is 0 Å². The van der Waals surface area contributed by atoms with E-state index < -0.39 is 0 Å². The molecule has 3 rings (SSSR count). The molecule has 31 heavy (non-hydrogen) atoms. The maximum Gasteiger partial charge on any atom is 0.248 e. The summed E-state index contributed by atoms with van der Waals surface area (Å²) in [6.07, 6.45) is 3.54. The molecule has 5 nitrogen and oxygen atoms in total. The molecule has 0 atom stereocenters. The van der Waals surface area contributed by atoms with Gasteiger partial charge in [-0.05, 0) is 67.7 Å². The Morgan fingerprint density at radius 2 is 1.71 bits per heavy atom. The molecule has 0 fully saturated rings. The monoisotopic (exact) mass is 422 g/mol. The number of carbonyl (C=O) groups excluding carboxylic acids is 1. The van der Waals surface area contributed by atoms with Crippen LogP contribution in [-0.4, -0.2) is 44.7 Å². The lowest BCUT2D eigenvalue weighted by Gasteiger charge is -2.20. The van der Waals surface area contributed by atoms with Crippen LogP contribution in [0.25, 0.3) is 5.57 Å². The first kappa shape index (κ1) is 22.9. The van der Waals surface area contributed by atoms with E-state index in [0.717, 1.165) is 30.5 Å². The third-order valence-corrected chi connectivity index (χ3v) is 5.29. The van der Waals surface area contributed by atoms with E-state index >= 15 is 0 Å². The van der Waals surface area contributed by atoms with Gasteiger partial charge in [-0.1, -0.05) is 45.0 Å². The molecule has 1 amide bonds. The first-order valence-electron chi connectivity index (χ1n) is 10.9. The van der Waals surface area contributed by atoms with Crippen molar-refractivity contribution in [3.05, 3.63) is 59.7 Å². The number of ether oxygens (including phenoxy) is 2. The third kappa shape index (κ3) is 6.59. The molecule has 1 N–H and O–H groups in total. The highest BCUT2D eigenvalue weighted by molar-refractivity contribution is 6.04. The van der Waals surface area contributed by atoms with Gasteiger partial charge in [0.2, 0.25) is 5.91 Å². The van der Waals surface area contributed by atoms with Crippen molar-refractivity contribution in [1.82, 2.24) is 4.90 Å². The Morgan fingerprint density at radius 3 is 2.35 bits per heavy atom.